The van der Waals surface area contributed by atoms with Crippen LogP contribution in [0.5, 0.6) is 0 Å². The molecule has 2 aromatic heterocycles. The van der Waals surface area contributed by atoms with E-state index >= 15 is 0 Å². The summed E-state index contributed by atoms with van der Waals surface area (Å²) in [5, 5.41) is 7.37. The minimum Gasteiger partial charge on any atom is -0.464 e. The summed E-state index contributed by atoms with van der Waals surface area (Å²) in [7, 11) is 0. The highest BCUT2D eigenvalue weighted by atomic mass is 16.3. The molecule has 0 radical (unpaired) electrons. The molecule has 0 saturated heterocycles. The highest BCUT2D eigenvalue weighted by molar-refractivity contribution is 6.04. The summed E-state index contributed by atoms with van der Waals surface area (Å²) >= 11 is 0. The quantitative estimate of drug-likeness (QED) is 0.746. The molecule has 2 heterocycles. The van der Waals surface area contributed by atoms with Gasteiger partial charge in [0.2, 0.25) is 0 Å². The molecular weight excluding hydrogens is 316 g/mol. The van der Waals surface area contributed by atoms with Crippen LogP contribution in [0.2, 0.25) is 0 Å². The molecule has 0 atom stereocenters. The average Bonchev–Trinajstić information content (AvgIpc) is 3.14. The summed E-state index contributed by atoms with van der Waals surface area (Å²) in [6.45, 7) is 13.6. The molecule has 0 aliphatic rings. The highest BCUT2D eigenvalue weighted by Crippen LogP contribution is 2.20. The van der Waals surface area contributed by atoms with Gasteiger partial charge in [-0.2, -0.15) is 5.10 Å². The van der Waals surface area contributed by atoms with E-state index in [1.807, 2.05) is 24.6 Å². The van der Waals surface area contributed by atoms with Crippen LogP contribution in [0.4, 0.5) is 5.82 Å². The molecule has 0 spiro atoms. The third kappa shape index (κ3) is 4.72. The van der Waals surface area contributed by atoms with Gasteiger partial charge in [0.05, 0.1) is 18.3 Å². The minimum absolute atomic E-state index is 0.145. The lowest BCUT2D eigenvalue weighted by Gasteiger charge is -2.15. The lowest BCUT2D eigenvalue weighted by Crippen LogP contribution is -2.21. The van der Waals surface area contributed by atoms with E-state index in [1.165, 1.54) is 0 Å². The van der Waals surface area contributed by atoms with Crippen molar-refractivity contribution < 1.29 is 9.21 Å². The monoisotopic (exact) mass is 346 g/mol. The topological polar surface area (TPSA) is 63.3 Å². The van der Waals surface area contributed by atoms with Crippen LogP contribution >= 0.6 is 0 Å². The van der Waals surface area contributed by atoms with E-state index in [4.69, 9.17) is 4.42 Å². The standard InChI is InChI=1S/C19H30N4O2/c1-6-9-10-23-18(14(4)12-20-23)21-19(24)17-11-16(25-15(17)5)13-22(7-2)8-3/h11-12H,6-10,13H2,1-5H3,(H,21,24). The van der Waals surface area contributed by atoms with Gasteiger partial charge in [0.15, 0.2) is 0 Å². The second kappa shape index (κ2) is 8.85. The van der Waals surface area contributed by atoms with Gasteiger partial charge >= 0.3 is 0 Å². The maximum atomic E-state index is 12.7. The maximum Gasteiger partial charge on any atom is 0.260 e. The zero-order valence-electron chi connectivity index (χ0n) is 16.1. The number of carbonyl (C=O) groups is 1. The van der Waals surface area contributed by atoms with Crippen LogP contribution in [0.1, 0.15) is 61.1 Å². The number of unbranched alkanes of at least 4 members (excludes halogenated alkanes) is 1. The molecule has 0 unspecified atom stereocenters. The van der Waals surface area contributed by atoms with E-state index in [2.05, 4.69) is 36.1 Å². The fourth-order valence-corrected chi connectivity index (χ4v) is 2.81. The lowest BCUT2D eigenvalue weighted by atomic mass is 10.2. The number of nitrogens with one attached hydrogen (secondary N) is 1. The van der Waals surface area contributed by atoms with E-state index in [-0.39, 0.29) is 5.91 Å². The Labute approximate surface area is 150 Å². The predicted octanol–water partition coefficient (Wildman–Crippen LogP) is 3.99. The number of furan rings is 1. The molecule has 0 fully saturated rings. The van der Waals surface area contributed by atoms with Gasteiger partial charge in [-0.3, -0.25) is 9.69 Å². The molecule has 0 aliphatic carbocycles. The smallest absolute Gasteiger partial charge is 0.260 e. The number of hydrogen-bond donors (Lipinski definition) is 1. The summed E-state index contributed by atoms with van der Waals surface area (Å²) < 4.78 is 7.65. The lowest BCUT2D eigenvalue weighted by molar-refractivity contribution is 0.102. The first-order chi connectivity index (χ1) is 12.0. The van der Waals surface area contributed by atoms with Crippen molar-refractivity contribution in [2.75, 3.05) is 18.4 Å². The van der Waals surface area contributed by atoms with Crippen molar-refractivity contribution in [1.29, 1.82) is 0 Å². The Kier molecular flexibility index (Phi) is 6.82. The van der Waals surface area contributed by atoms with Gasteiger partial charge in [0, 0.05) is 12.1 Å². The number of carbonyl (C=O) groups excluding carboxylic acids is 1. The van der Waals surface area contributed by atoms with E-state index in [0.29, 0.717) is 17.9 Å². The van der Waals surface area contributed by atoms with E-state index in [9.17, 15) is 4.79 Å². The Hall–Kier alpha value is -2.08. The zero-order chi connectivity index (χ0) is 18.4. The number of aromatic nitrogens is 2. The van der Waals surface area contributed by atoms with Gasteiger partial charge in [0.1, 0.15) is 17.3 Å². The van der Waals surface area contributed by atoms with E-state index in [0.717, 1.165) is 49.6 Å². The summed E-state index contributed by atoms with van der Waals surface area (Å²) in [4.78, 5) is 15.0. The number of hydrogen-bond acceptors (Lipinski definition) is 4. The second-order valence-electron chi connectivity index (χ2n) is 6.35. The number of amides is 1. The molecule has 6 heteroatoms. The molecule has 2 aromatic rings. The summed E-state index contributed by atoms with van der Waals surface area (Å²) in [6.07, 6.45) is 3.91. The van der Waals surface area contributed by atoms with Crippen LogP contribution in [0.25, 0.3) is 0 Å². The molecule has 2 rings (SSSR count). The van der Waals surface area contributed by atoms with E-state index < -0.39 is 0 Å². The molecule has 0 bridgehead atoms. The first-order valence-electron chi connectivity index (χ1n) is 9.15. The number of rotatable bonds is 9. The van der Waals surface area contributed by atoms with Gasteiger partial charge in [-0.05, 0) is 39.4 Å². The third-order valence-electron chi connectivity index (χ3n) is 4.47. The Bertz CT molecular complexity index is 698. The van der Waals surface area contributed by atoms with Crippen molar-refractivity contribution in [3.05, 3.63) is 34.9 Å². The van der Waals surface area contributed by atoms with Crippen molar-refractivity contribution in [2.24, 2.45) is 0 Å². The van der Waals surface area contributed by atoms with Crippen molar-refractivity contribution in [1.82, 2.24) is 14.7 Å². The van der Waals surface area contributed by atoms with Crippen molar-refractivity contribution in [2.45, 2.75) is 60.5 Å². The molecule has 25 heavy (non-hydrogen) atoms. The zero-order valence-corrected chi connectivity index (χ0v) is 16.1. The molecule has 0 aliphatic heterocycles. The highest BCUT2D eigenvalue weighted by Gasteiger charge is 2.18. The largest absolute Gasteiger partial charge is 0.464 e. The molecule has 138 valence electrons. The Morgan fingerprint density at radius 2 is 2.00 bits per heavy atom. The minimum atomic E-state index is -0.145. The average molecular weight is 346 g/mol. The van der Waals surface area contributed by atoms with Crippen LogP contribution < -0.4 is 5.32 Å². The van der Waals surface area contributed by atoms with Crippen LogP contribution in [0.3, 0.4) is 0 Å². The van der Waals surface area contributed by atoms with Crippen LogP contribution in [0.15, 0.2) is 16.7 Å². The fraction of sp³-hybridized carbons (Fsp3) is 0.579. The summed E-state index contributed by atoms with van der Waals surface area (Å²) in [5.74, 6) is 2.09. The number of anilines is 1. The van der Waals surface area contributed by atoms with Crippen LogP contribution in [-0.4, -0.2) is 33.7 Å². The predicted molar refractivity (Wildman–Crippen MR) is 99.9 cm³/mol. The molecular formula is C19H30N4O2. The van der Waals surface area contributed by atoms with Crippen molar-refractivity contribution in [3.63, 3.8) is 0 Å². The van der Waals surface area contributed by atoms with E-state index in [1.54, 1.807) is 6.20 Å². The molecule has 1 N–H and O–H groups in total. The molecule has 6 nitrogen and oxygen atoms in total. The van der Waals surface area contributed by atoms with Gasteiger partial charge in [0.25, 0.3) is 5.91 Å². The van der Waals surface area contributed by atoms with Gasteiger partial charge in [-0.25, -0.2) is 4.68 Å². The fourth-order valence-electron chi connectivity index (χ4n) is 2.81. The van der Waals surface area contributed by atoms with Crippen molar-refractivity contribution >= 4 is 11.7 Å². The Morgan fingerprint density at radius 3 is 2.64 bits per heavy atom. The van der Waals surface area contributed by atoms with Crippen LogP contribution in [-0.2, 0) is 13.1 Å². The molecule has 0 saturated carbocycles. The van der Waals surface area contributed by atoms with Gasteiger partial charge < -0.3 is 9.73 Å². The Morgan fingerprint density at radius 1 is 1.28 bits per heavy atom. The first-order valence-corrected chi connectivity index (χ1v) is 9.15. The third-order valence-corrected chi connectivity index (χ3v) is 4.47. The normalized spacial score (nSPS) is 11.3. The molecule has 1 amide bonds. The first kappa shape index (κ1) is 19.2. The second-order valence-corrected chi connectivity index (χ2v) is 6.35. The SMILES string of the molecule is CCCCn1ncc(C)c1NC(=O)c1cc(CN(CC)CC)oc1C. The van der Waals surface area contributed by atoms with Crippen molar-refractivity contribution in [3.8, 4) is 0 Å². The summed E-state index contributed by atoms with van der Waals surface area (Å²) in [5.41, 5.74) is 1.55. The summed E-state index contributed by atoms with van der Waals surface area (Å²) in [6, 6.07) is 1.85. The maximum absolute atomic E-state index is 12.7. The Balaban J connectivity index is 2.14. The van der Waals surface area contributed by atoms with Crippen LogP contribution in [0, 0.1) is 13.8 Å². The number of aryl methyl sites for hydroxylation is 3. The number of nitrogens with zero attached hydrogens (tertiary/aromatic N) is 3. The molecule has 0 aromatic carbocycles. The van der Waals surface area contributed by atoms with Gasteiger partial charge in [-0.1, -0.05) is 27.2 Å². The van der Waals surface area contributed by atoms with Gasteiger partial charge in [-0.15, -0.1) is 0 Å².